The number of aromatic nitrogens is 4. The van der Waals surface area contributed by atoms with Gasteiger partial charge < -0.3 is 0 Å². The third-order valence-corrected chi connectivity index (χ3v) is 3.73. The van der Waals surface area contributed by atoms with Gasteiger partial charge >= 0.3 is 0 Å². The molecule has 126 valence electrons. The summed E-state index contributed by atoms with van der Waals surface area (Å²) in [5, 5.41) is 16.1. The normalized spacial score (nSPS) is 10.2. The minimum atomic E-state index is 0.587. The monoisotopic (exact) mass is 322 g/mol. The second-order valence-electron chi connectivity index (χ2n) is 5.83. The molecule has 0 radical (unpaired) electrons. The van der Waals surface area contributed by atoms with Gasteiger partial charge in [0.15, 0.2) is 0 Å². The molecule has 4 nitrogen and oxygen atoms in total. The van der Waals surface area contributed by atoms with Gasteiger partial charge in [0, 0.05) is 10.8 Å². The van der Waals surface area contributed by atoms with E-state index in [2.05, 4.69) is 77.6 Å². The lowest BCUT2D eigenvalue weighted by atomic mass is 10.0. The lowest BCUT2D eigenvalue weighted by Gasteiger charge is -2.03. The van der Waals surface area contributed by atoms with Gasteiger partial charge in [-0.1, -0.05) is 45.9 Å². The van der Waals surface area contributed by atoms with Crippen LogP contribution >= 0.6 is 0 Å². The van der Waals surface area contributed by atoms with Gasteiger partial charge in [-0.3, -0.25) is 10.2 Å². The molecule has 4 rings (SSSR count). The first-order chi connectivity index (χ1) is 11.6. The fourth-order valence-electron chi connectivity index (χ4n) is 2.37. The minimum absolute atomic E-state index is 0.587. The van der Waals surface area contributed by atoms with Gasteiger partial charge in [0.2, 0.25) is 0 Å². The summed E-state index contributed by atoms with van der Waals surface area (Å²) in [6.07, 6.45) is 3.69. The molecule has 0 spiro atoms. The molecule has 0 bridgehead atoms. The molecule has 2 aromatic heterocycles. The van der Waals surface area contributed by atoms with Gasteiger partial charge in [-0.05, 0) is 42.2 Å². The molecule has 2 N–H and O–H groups in total. The number of fused-ring (bicyclic) bond motifs is 2. The summed E-state index contributed by atoms with van der Waals surface area (Å²) >= 11 is 0. The number of nitrogens with zero attached hydrogens (tertiary/aromatic N) is 2. The maximum Gasteiger partial charge on any atom is 0.0652 e. The molecule has 0 unspecified atom stereocenters. The van der Waals surface area contributed by atoms with Gasteiger partial charge in [-0.2, -0.15) is 10.2 Å². The van der Waals surface area contributed by atoms with Gasteiger partial charge in [0.1, 0.15) is 0 Å². The van der Waals surface area contributed by atoms with Crippen LogP contribution in [0.5, 0.6) is 0 Å². The molecular weight excluding hydrogens is 296 g/mol. The molecule has 0 aliphatic carbocycles. The van der Waals surface area contributed by atoms with Gasteiger partial charge in [-0.25, -0.2) is 0 Å². The maximum absolute atomic E-state index is 3.98. The zero-order valence-corrected chi connectivity index (χ0v) is 15.1. The van der Waals surface area contributed by atoms with Crippen molar-refractivity contribution in [1.29, 1.82) is 0 Å². The van der Waals surface area contributed by atoms with Crippen LogP contribution in [0.15, 0.2) is 48.8 Å². The third-order valence-electron chi connectivity index (χ3n) is 3.73. The van der Waals surface area contributed by atoms with Crippen molar-refractivity contribution in [3.05, 3.63) is 59.9 Å². The van der Waals surface area contributed by atoms with E-state index in [-0.39, 0.29) is 0 Å². The number of rotatable bonds is 1. The van der Waals surface area contributed by atoms with Crippen LogP contribution in [0.3, 0.4) is 0 Å². The summed E-state index contributed by atoms with van der Waals surface area (Å²) in [6, 6.07) is 12.6. The van der Waals surface area contributed by atoms with Crippen molar-refractivity contribution < 1.29 is 0 Å². The van der Waals surface area contributed by atoms with E-state index >= 15 is 0 Å². The highest BCUT2D eigenvalue weighted by Crippen LogP contribution is 2.19. The van der Waals surface area contributed by atoms with Crippen molar-refractivity contribution in [3.8, 4) is 0 Å². The fourth-order valence-corrected chi connectivity index (χ4v) is 2.37. The van der Waals surface area contributed by atoms with E-state index in [9.17, 15) is 0 Å². The smallest absolute Gasteiger partial charge is 0.0652 e. The van der Waals surface area contributed by atoms with Gasteiger partial charge in [0.05, 0.1) is 23.4 Å². The Kier molecular flexibility index (Phi) is 6.13. The Bertz CT molecular complexity index is 887. The number of aryl methyl sites for hydroxylation is 1. The highest BCUT2D eigenvalue weighted by Gasteiger charge is 2.00. The number of H-pyrrole nitrogens is 2. The molecule has 0 atom stereocenters. The average molecular weight is 322 g/mol. The summed E-state index contributed by atoms with van der Waals surface area (Å²) in [4.78, 5) is 0. The maximum atomic E-state index is 3.98. The summed E-state index contributed by atoms with van der Waals surface area (Å²) in [7, 11) is 0. The number of hydrogen-bond acceptors (Lipinski definition) is 2. The van der Waals surface area contributed by atoms with Gasteiger partial charge in [-0.15, -0.1) is 0 Å². The Labute approximate surface area is 143 Å². The number of aromatic amines is 2. The largest absolute Gasteiger partial charge is 0.278 e. The van der Waals surface area contributed by atoms with E-state index in [1.807, 2.05) is 26.2 Å². The highest BCUT2D eigenvalue weighted by molar-refractivity contribution is 5.79. The summed E-state index contributed by atoms with van der Waals surface area (Å²) in [6.45, 7) is 10.5. The molecule has 2 heterocycles. The van der Waals surface area contributed by atoms with E-state index in [1.165, 1.54) is 21.9 Å². The van der Waals surface area contributed by atoms with Crippen LogP contribution in [-0.2, 0) is 0 Å². The molecule has 0 amide bonds. The van der Waals surface area contributed by atoms with Crippen LogP contribution < -0.4 is 0 Å². The second-order valence-corrected chi connectivity index (χ2v) is 5.83. The standard InChI is InChI=1S/C10H12N2.C8H8N2.C2H6/c1-7(2)8-3-4-10-9(5-8)6-11-12-10;1-6-2-3-7-5-9-10-8(7)4-6;1-2/h3-7H,1-2H3,(H,11,12);2-5H,1H3,(H,9,10);1-2H3. The lowest BCUT2D eigenvalue weighted by Crippen LogP contribution is -1.85. The molecule has 0 aliphatic rings. The van der Waals surface area contributed by atoms with E-state index < -0.39 is 0 Å². The van der Waals surface area contributed by atoms with Crippen molar-refractivity contribution in [1.82, 2.24) is 20.4 Å². The Morgan fingerprint density at radius 2 is 1.46 bits per heavy atom. The summed E-state index contributed by atoms with van der Waals surface area (Å²) in [5.74, 6) is 0.587. The first-order valence-corrected chi connectivity index (χ1v) is 8.46. The van der Waals surface area contributed by atoms with Crippen molar-refractivity contribution in [3.63, 3.8) is 0 Å². The first-order valence-electron chi connectivity index (χ1n) is 8.46. The minimum Gasteiger partial charge on any atom is -0.278 e. The van der Waals surface area contributed by atoms with Crippen LogP contribution in [0.25, 0.3) is 21.8 Å². The zero-order valence-electron chi connectivity index (χ0n) is 15.1. The Hall–Kier alpha value is -2.62. The summed E-state index contributed by atoms with van der Waals surface area (Å²) in [5.41, 5.74) is 4.85. The van der Waals surface area contributed by atoms with Crippen molar-refractivity contribution >= 4 is 21.8 Å². The van der Waals surface area contributed by atoms with Crippen LogP contribution in [0.1, 0.15) is 44.7 Å². The molecule has 24 heavy (non-hydrogen) atoms. The van der Waals surface area contributed by atoms with Crippen LogP contribution in [0, 0.1) is 6.92 Å². The van der Waals surface area contributed by atoms with Gasteiger partial charge in [0.25, 0.3) is 0 Å². The van der Waals surface area contributed by atoms with E-state index in [4.69, 9.17) is 0 Å². The van der Waals surface area contributed by atoms with E-state index in [0.29, 0.717) is 5.92 Å². The topological polar surface area (TPSA) is 57.4 Å². The molecule has 0 saturated heterocycles. The Morgan fingerprint density at radius 3 is 2.17 bits per heavy atom. The highest BCUT2D eigenvalue weighted by atomic mass is 15.1. The summed E-state index contributed by atoms with van der Waals surface area (Å²) < 4.78 is 0. The Balaban J connectivity index is 0.000000160. The van der Waals surface area contributed by atoms with Crippen LogP contribution in [0.4, 0.5) is 0 Å². The third kappa shape index (κ3) is 4.22. The SMILES string of the molecule is CC.CC(C)c1ccc2[nH]ncc2c1.Cc1ccc2cn[nH]c2c1. The second kappa shape index (κ2) is 8.29. The number of nitrogens with one attached hydrogen (secondary N) is 2. The van der Waals surface area contributed by atoms with Crippen molar-refractivity contribution in [2.24, 2.45) is 0 Å². The molecular formula is C20H26N4. The molecule has 2 aromatic carbocycles. The first kappa shape index (κ1) is 17.7. The van der Waals surface area contributed by atoms with E-state index in [0.717, 1.165) is 11.0 Å². The lowest BCUT2D eigenvalue weighted by molar-refractivity contribution is 0.869. The van der Waals surface area contributed by atoms with Crippen LogP contribution in [-0.4, -0.2) is 20.4 Å². The quantitative estimate of drug-likeness (QED) is 0.480. The average Bonchev–Trinajstić information content (AvgIpc) is 3.24. The van der Waals surface area contributed by atoms with Crippen molar-refractivity contribution in [2.45, 2.75) is 40.5 Å². The number of benzene rings is 2. The molecule has 4 heteroatoms. The molecule has 4 aromatic rings. The van der Waals surface area contributed by atoms with E-state index in [1.54, 1.807) is 0 Å². The molecule has 0 fully saturated rings. The predicted octanol–water partition coefficient (Wildman–Crippen LogP) is 5.58. The zero-order chi connectivity index (χ0) is 17.5. The van der Waals surface area contributed by atoms with Crippen molar-refractivity contribution in [2.75, 3.05) is 0 Å². The fraction of sp³-hybridized carbons (Fsp3) is 0.300. The predicted molar refractivity (Wildman–Crippen MR) is 102 cm³/mol. The van der Waals surface area contributed by atoms with Crippen LogP contribution in [0.2, 0.25) is 0 Å². The Morgan fingerprint density at radius 1 is 0.792 bits per heavy atom. The molecule has 0 saturated carbocycles. The number of hydrogen-bond donors (Lipinski definition) is 2. The molecule has 0 aliphatic heterocycles.